The van der Waals surface area contributed by atoms with E-state index in [9.17, 15) is 14.7 Å². The number of nitrogens with zero attached hydrogens (tertiary/aromatic N) is 2. The Labute approximate surface area is 170 Å². The minimum atomic E-state index is -0.814. The van der Waals surface area contributed by atoms with Crippen LogP contribution in [0.3, 0.4) is 0 Å². The minimum absolute atomic E-state index is 0.0197. The van der Waals surface area contributed by atoms with Gasteiger partial charge in [-0.2, -0.15) is 0 Å². The van der Waals surface area contributed by atoms with E-state index in [1.54, 1.807) is 48.0 Å². The van der Waals surface area contributed by atoms with E-state index in [1.165, 1.54) is 16.2 Å². The van der Waals surface area contributed by atoms with Gasteiger partial charge in [0.05, 0.1) is 11.6 Å². The Morgan fingerprint density at radius 1 is 1.18 bits per heavy atom. The molecule has 1 fully saturated rings. The lowest BCUT2D eigenvalue weighted by Crippen LogP contribution is -2.29. The van der Waals surface area contributed by atoms with Crippen molar-refractivity contribution in [2.75, 3.05) is 4.90 Å². The molecule has 7 heteroatoms. The summed E-state index contributed by atoms with van der Waals surface area (Å²) in [6.07, 6.45) is 1.56. The Kier molecular flexibility index (Phi) is 4.75. The molecule has 2 aromatic carbocycles. The van der Waals surface area contributed by atoms with E-state index in [0.717, 1.165) is 5.56 Å². The van der Waals surface area contributed by atoms with Gasteiger partial charge in [-0.15, -0.1) is 11.3 Å². The molecule has 5 nitrogen and oxygen atoms in total. The lowest BCUT2D eigenvalue weighted by atomic mass is 9.95. The van der Waals surface area contributed by atoms with Gasteiger partial charge in [-0.25, -0.2) is 4.98 Å². The molecule has 1 atom stereocenters. The third-order valence-electron chi connectivity index (χ3n) is 4.56. The molecule has 28 heavy (non-hydrogen) atoms. The molecule has 0 spiro atoms. The Hall–Kier alpha value is -2.96. The van der Waals surface area contributed by atoms with E-state index < -0.39 is 17.7 Å². The van der Waals surface area contributed by atoms with Crippen molar-refractivity contribution >= 4 is 45.5 Å². The molecule has 2 heterocycles. The van der Waals surface area contributed by atoms with Crippen LogP contribution in [-0.2, 0) is 9.59 Å². The van der Waals surface area contributed by atoms with Crippen LogP contribution in [0.15, 0.2) is 65.7 Å². The summed E-state index contributed by atoms with van der Waals surface area (Å²) in [6.45, 7) is 1.93. The second-order valence-corrected chi connectivity index (χ2v) is 7.71. The standard InChI is InChI=1S/C21H15ClN2O3S/c1-12-5-7-13(8-6-12)18(25)16-17(14-3-2-4-15(22)11-14)24(20(27)19(16)26)21-23-9-10-28-21/h2-11,17,25H,1H3. The predicted octanol–water partition coefficient (Wildman–Crippen LogP) is 4.73. The third kappa shape index (κ3) is 3.10. The number of carbonyl (C=O) groups is 2. The van der Waals surface area contributed by atoms with Crippen molar-refractivity contribution < 1.29 is 14.7 Å². The third-order valence-corrected chi connectivity index (χ3v) is 5.57. The molecule has 4 rings (SSSR count). The number of Topliss-reactive ketones (excluding diaryl/α,β-unsaturated/α-hetero) is 1. The number of rotatable bonds is 3. The molecule has 1 aliphatic heterocycles. The number of ketones is 1. The normalized spacial score (nSPS) is 18.6. The van der Waals surface area contributed by atoms with Gasteiger partial charge in [-0.3, -0.25) is 14.5 Å². The number of hydrogen-bond acceptors (Lipinski definition) is 5. The summed E-state index contributed by atoms with van der Waals surface area (Å²) < 4.78 is 0. The number of amides is 1. The number of halogens is 1. The van der Waals surface area contributed by atoms with Gasteiger partial charge in [0.1, 0.15) is 5.76 Å². The first-order chi connectivity index (χ1) is 13.5. The van der Waals surface area contributed by atoms with Gasteiger partial charge in [0.15, 0.2) is 5.13 Å². The number of aliphatic hydroxyl groups is 1. The summed E-state index contributed by atoms with van der Waals surface area (Å²) in [5.41, 5.74) is 2.13. The number of benzene rings is 2. The first-order valence-corrected chi connectivity index (χ1v) is 9.76. The lowest BCUT2D eigenvalue weighted by Gasteiger charge is -2.23. The van der Waals surface area contributed by atoms with Gasteiger partial charge in [-0.05, 0) is 24.6 Å². The van der Waals surface area contributed by atoms with Gasteiger partial charge in [0.2, 0.25) is 0 Å². The zero-order chi connectivity index (χ0) is 19.8. The summed E-state index contributed by atoms with van der Waals surface area (Å²) in [5, 5.41) is 13.5. The molecule has 140 valence electrons. The molecular weight excluding hydrogens is 396 g/mol. The largest absolute Gasteiger partial charge is 0.507 e. The highest BCUT2D eigenvalue weighted by atomic mass is 35.5. The second-order valence-electron chi connectivity index (χ2n) is 6.40. The minimum Gasteiger partial charge on any atom is -0.507 e. The van der Waals surface area contributed by atoms with Crippen LogP contribution in [-0.4, -0.2) is 21.8 Å². The molecule has 0 radical (unpaired) electrons. The van der Waals surface area contributed by atoms with Crippen molar-refractivity contribution in [1.82, 2.24) is 4.98 Å². The van der Waals surface area contributed by atoms with Crippen molar-refractivity contribution in [3.05, 3.63) is 87.4 Å². The first kappa shape index (κ1) is 18.4. The average molecular weight is 411 g/mol. The van der Waals surface area contributed by atoms with Crippen molar-refractivity contribution in [3.63, 3.8) is 0 Å². The SMILES string of the molecule is Cc1ccc(C(O)=C2C(=O)C(=O)N(c3nccs3)C2c2cccc(Cl)c2)cc1. The van der Waals surface area contributed by atoms with E-state index in [2.05, 4.69) is 4.98 Å². The maximum Gasteiger partial charge on any atom is 0.301 e. The fourth-order valence-corrected chi connectivity index (χ4v) is 4.09. The van der Waals surface area contributed by atoms with Crippen LogP contribution in [0.25, 0.3) is 5.76 Å². The smallest absolute Gasteiger partial charge is 0.301 e. The van der Waals surface area contributed by atoms with Crippen LogP contribution in [0.4, 0.5) is 5.13 Å². The van der Waals surface area contributed by atoms with Gasteiger partial charge < -0.3 is 5.11 Å². The number of aromatic nitrogens is 1. The molecule has 0 saturated carbocycles. The van der Waals surface area contributed by atoms with E-state index in [0.29, 0.717) is 21.3 Å². The Balaban J connectivity index is 1.95. The molecule has 1 amide bonds. The van der Waals surface area contributed by atoms with Crippen LogP contribution in [0.2, 0.25) is 5.02 Å². The highest BCUT2D eigenvalue weighted by Gasteiger charge is 2.47. The van der Waals surface area contributed by atoms with Crippen LogP contribution in [0.5, 0.6) is 0 Å². The molecule has 1 aromatic heterocycles. The Morgan fingerprint density at radius 3 is 2.57 bits per heavy atom. The summed E-state index contributed by atoms with van der Waals surface area (Å²) in [4.78, 5) is 31.2. The fourth-order valence-electron chi connectivity index (χ4n) is 3.22. The number of thiazole rings is 1. The monoisotopic (exact) mass is 410 g/mol. The van der Waals surface area contributed by atoms with Crippen molar-refractivity contribution in [3.8, 4) is 0 Å². The van der Waals surface area contributed by atoms with Crippen LogP contribution < -0.4 is 4.90 Å². The molecular formula is C21H15ClN2O3S. The maximum atomic E-state index is 12.9. The zero-order valence-electron chi connectivity index (χ0n) is 14.8. The van der Waals surface area contributed by atoms with E-state index >= 15 is 0 Å². The molecule has 1 saturated heterocycles. The van der Waals surface area contributed by atoms with Crippen LogP contribution in [0.1, 0.15) is 22.7 Å². The summed E-state index contributed by atoms with van der Waals surface area (Å²) in [7, 11) is 0. The average Bonchev–Trinajstić information content (AvgIpc) is 3.29. The van der Waals surface area contributed by atoms with Gasteiger partial charge in [0.25, 0.3) is 5.78 Å². The molecule has 1 N–H and O–H groups in total. The lowest BCUT2D eigenvalue weighted by molar-refractivity contribution is -0.132. The second kappa shape index (κ2) is 7.22. The Bertz CT molecular complexity index is 1090. The molecule has 0 aliphatic carbocycles. The quantitative estimate of drug-likeness (QED) is 0.385. The molecule has 1 unspecified atom stereocenters. The van der Waals surface area contributed by atoms with Crippen molar-refractivity contribution in [1.29, 1.82) is 0 Å². The number of aryl methyl sites for hydroxylation is 1. The van der Waals surface area contributed by atoms with Crippen LogP contribution >= 0.6 is 22.9 Å². The molecule has 0 bridgehead atoms. The van der Waals surface area contributed by atoms with E-state index in [-0.39, 0.29) is 11.3 Å². The summed E-state index contributed by atoms with van der Waals surface area (Å²) >= 11 is 7.40. The van der Waals surface area contributed by atoms with Crippen molar-refractivity contribution in [2.24, 2.45) is 0 Å². The molecule has 3 aromatic rings. The van der Waals surface area contributed by atoms with Gasteiger partial charge in [0, 0.05) is 22.2 Å². The first-order valence-electron chi connectivity index (χ1n) is 8.50. The summed E-state index contributed by atoms with van der Waals surface area (Å²) in [5.74, 6) is -1.70. The Morgan fingerprint density at radius 2 is 1.93 bits per heavy atom. The number of anilines is 1. The van der Waals surface area contributed by atoms with Gasteiger partial charge >= 0.3 is 5.91 Å². The maximum absolute atomic E-state index is 12.9. The fraction of sp³-hybridized carbons (Fsp3) is 0.0952. The molecule has 1 aliphatic rings. The zero-order valence-corrected chi connectivity index (χ0v) is 16.4. The van der Waals surface area contributed by atoms with Crippen LogP contribution in [0, 0.1) is 6.92 Å². The van der Waals surface area contributed by atoms with E-state index in [4.69, 9.17) is 11.6 Å². The summed E-state index contributed by atoms with van der Waals surface area (Å²) in [6, 6.07) is 13.2. The highest BCUT2D eigenvalue weighted by molar-refractivity contribution is 7.14. The highest BCUT2D eigenvalue weighted by Crippen LogP contribution is 2.43. The number of aliphatic hydroxyl groups excluding tert-OH is 1. The predicted molar refractivity (Wildman–Crippen MR) is 110 cm³/mol. The topological polar surface area (TPSA) is 70.5 Å². The van der Waals surface area contributed by atoms with E-state index in [1.807, 2.05) is 19.1 Å². The number of hydrogen-bond donors (Lipinski definition) is 1. The van der Waals surface area contributed by atoms with Crippen molar-refractivity contribution in [2.45, 2.75) is 13.0 Å². The van der Waals surface area contributed by atoms with Gasteiger partial charge in [-0.1, -0.05) is 53.6 Å². The number of carbonyl (C=O) groups excluding carboxylic acids is 2.